The maximum Gasteiger partial charge on any atom is 0.129 e. The summed E-state index contributed by atoms with van der Waals surface area (Å²) >= 11 is 10.8. The number of aromatic nitrogens is 1. The highest BCUT2D eigenvalue weighted by Gasteiger charge is 2.48. The van der Waals surface area contributed by atoms with Crippen LogP contribution in [0.25, 0.3) is 0 Å². The van der Waals surface area contributed by atoms with E-state index in [2.05, 4.69) is 4.98 Å². The highest BCUT2D eigenvalue weighted by Crippen LogP contribution is 2.47. The van der Waals surface area contributed by atoms with Crippen molar-refractivity contribution in [2.24, 2.45) is 5.73 Å². The van der Waals surface area contributed by atoms with Crippen LogP contribution in [0.5, 0.6) is 0 Å². The van der Waals surface area contributed by atoms with Gasteiger partial charge in [-0.15, -0.1) is 0 Å². The second-order valence-corrected chi connectivity index (χ2v) is 4.12. The van der Waals surface area contributed by atoms with Gasteiger partial charge in [-0.2, -0.15) is 0 Å². The molecule has 13 heavy (non-hydrogen) atoms. The maximum atomic E-state index is 5.79. The Morgan fingerprint density at radius 2 is 2.23 bits per heavy atom. The molecular formula is C9H9ClN2S. The fourth-order valence-corrected chi connectivity index (χ4v) is 1.90. The molecule has 0 unspecified atom stereocenters. The lowest BCUT2D eigenvalue weighted by atomic mass is 10.0. The molecule has 0 aromatic carbocycles. The summed E-state index contributed by atoms with van der Waals surface area (Å²) in [6.07, 6.45) is 1.99. The number of halogens is 1. The summed E-state index contributed by atoms with van der Waals surface area (Å²) in [7, 11) is 0. The Bertz CT molecular complexity index is 360. The summed E-state index contributed by atoms with van der Waals surface area (Å²) in [6, 6.07) is 5.56. The summed E-state index contributed by atoms with van der Waals surface area (Å²) in [6.45, 7) is 0. The normalized spacial score (nSPS) is 18.2. The van der Waals surface area contributed by atoms with Crippen LogP contribution in [0.3, 0.4) is 0 Å². The molecule has 1 aliphatic rings. The van der Waals surface area contributed by atoms with E-state index in [1.807, 2.05) is 12.1 Å². The van der Waals surface area contributed by atoms with Crippen LogP contribution in [0, 0.1) is 0 Å². The highest BCUT2D eigenvalue weighted by atomic mass is 35.5. The zero-order valence-electron chi connectivity index (χ0n) is 6.96. The van der Waals surface area contributed by atoms with Gasteiger partial charge in [0.2, 0.25) is 0 Å². The summed E-state index contributed by atoms with van der Waals surface area (Å²) < 4.78 is 0. The standard InChI is InChI=1S/C9H9ClN2S/c10-7-3-1-2-6(12-7)9(4-5-9)8(11)13/h1-3H,4-5H2,(H2,11,13). The Labute approximate surface area is 87.1 Å². The Balaban J connectivity index is 2.41. The van der Waals surface area contributed by atoms with Gasteiger partial charge in [0.15, 0.2) is 0 Å². The highest BCUT2D eigenvalue weighted by molar-refractivity contribution is 7.80. The molecular weight excluding hydrogens is 204 g/mol. The van der Waals surface area contributed by atoms with Gasteiger partial charge in [0.1, 0.15) is 5.15 Å². The molecule has 0 bridgehead atoms. The second kappa shape index (κ2) is 2.93. The lowest BCUT2D eigenvalue weighted by molar-refractivity contribution is 0.892. The van der Waals surface area contributed by atoms with Gasteiger partial charge in [0.05, 0.1) is 16.1 Å². The average Bonchev–Trinajstić information content (AvgIpc) is 2.83. The van der Waals surface area contributed by atoms with Gasteiger partial charge < -0.3 is 5.73 Å². The van der Waals surface area contributed by atoms with Crippen LogP contribution >= 0.6 is 23.8 Å². The van der Waals surface area contributed by atoms with Crippen molar-refractivity contribution in [1.29, 1.82) is 0 Å². The number of thiocarbonyl (C=S) groups is 1. The Hall–Kier alpha value is -0.670. The van der Waals surface area contributed by atoms with Crippen LogP contribution in [-0.4, -0.2) is 9.97 Å². The first-order valence-electron chi connectivity index (χ1n) is 4.08. The molecule has 1 aromatic rings. The van der Waals surface area contributed by atoms with E-state index in [1.165, 1.54) is 0 Å². The maximum absolute atomic E-state index is 5.79. The predicted molar refractivity (Wildman–Crippen MR) is 56.9 cm³/mol. The molecule has 0 saturated heterocycles. The third-order valence-electron chi connectivity index (χ3n) is 2.43. The average molecular weight is 213 g/mol. The van der Waals surface area contributed by atoms with Crippen LogP contribution in [0.2, 0.25) is 5.15 Å². The summed E-state index contributed by atoms with van der Waals surface area (Å²) in [4.78, 5) is 4.76. The minimum atomic E-state index is -0.153. The molecule has 2 nitrogen and oxygen atoms in total. The molecule has 1 aromatic heterocycles. The topological polar surface area (TPSA) is 38.9 Å². The van der Waals surface area contributed by atoms with Crippen LogP contribution < -0.4 is 5.73 Å². The number of hydrogen-bond acceptors (Lipinski definition) is 2. The van der Waals surface area contributed by atoms with Gasteiger partial charge >= 0.3 is 0 Å². The fraction of sp³-hybridized carbons (Fsp3) is 0.333. The third-order valence-corrected chi connectivity index (χ3v) is 3.03. The molecule has 1 heterocycles. The number of nitrogens with zero attached hydrogens (tertiary/aromatic N) is 1. The first kappa shape index (κ1) is 8.91. The summed E-state index contributed by atoms with van der Waals surface area (Å²) in [5.41, 5.74) is 6.42. The fourth-order valence-electron chi connectivity index (χ4n) is 1.43. The van der Waals surface area contributed by atoms with E-state index in [1.54, 1.807) is 6.07 Å². The predicted octanol–water partition coefficient (Wildman–Crippen LogP) is 2.05. The van der Waals surface area contributed by atoms with E-state index in [0.717, 1.165) is 18.5 Å². The molecule has 2 rings (SSSR count). The molecule has 1 fully saturated rings. The first-order valence-corrected chi connectivity index (χ1v) is 4.87. The van der Waals surface area contributed by atoms with Gasteiger partial charge in [0, 0.05) is 0 Å². The van der Waals surface area contributed by atoms with Crippen molar-refractivity contribution >= 4 is 28.8 Å². The van der Waals surface area contributed by atoms with Crippen LogP contribution in [0.1, 0.15) is 18.5 Å². The number of nitrogens with two attached hydrogens (primary N) is 1. The minimum Gasteiger partial charge on any atom is -0.393 e. The van der Waals surface area contributed by atoms with Crippen LogP contribution in [0.4, 0.5) is 0 Å². The third kappa shape index (κ3) is 1.42. The number of hydrogen-bond donors (Lipinski definition) is 1. The van der Waals surface area contributed by atoms with Crippen molar-refractivity contribution in [3.8, 4) is 0 Å². The van der Waals surface area contributed by atoms with Gasteiger partial charge in [-0.05, 0) is 25.0 Å². The van der Waals surface area contributed by atoms with Crippen molar-refractivity contribution in [2.75, 3.05) is 0 Å². The second-order valence-electron chi connectivity index (χ2n) is 3.29. The Kier molecular flexibility index (Phi) is 2.00. The molecule has 0 aliphatic heterocycles. The Morgan fingerprint density at radius 1 is 1.54 bits per heavy atom. The summed E-state index contributed by atoms with van der Waals surface area (Å²) in [5.74, 6) is 0. The van der Waals surface area contributed by atoms with E-state index in [-0.39, 0.29) is 5.41 Å². The zero-order chi connectivity index (χ0) is 9.47. The Morgan fingerprint density at radius 3 is 2.69 bits per heavy atom. The zero-order valence-corrected chi connectivity index (χ0v) is 8.53. The first-order chi connectivity index (χ1) is 6.15. The van der Waals surface area contributed by atoms with Gasteiger partial charge in [0.25, 0.3) is 0 Å². The molecule has 1 saturated carbocycles. The quantitative estimate of drug-likeness (QED) is 0.603. The molecule has 1 aliphatic carbocycles. The van der Waals surface area contributed by atoms with E-state index in [0.29, 0.717) is 10.1 Å². The van der Waals surface area contributed by atoms with Crippen molar-refractivity contribution in [2.45, 2.75) is 18.3 Å². The lowest BCUT2D eigenvalue weighted by Crippen LogP contribution is -2.27. The molecule has 0 amide bonds. The monoisotopic (exact) mass is 212 g/mol. The number of rotatable bonds is 2. The largest absolute Gasteiger partial charge is 0.393 e. The van der Waals surface area contributed by atoms with E-state index < -0.39 is 0 Å². The molecule has 4 heteroatoms. The lowest BCUT2D eigenvalue weighted by Gasteiger charge is -2.12. The van der Waals surface area contributed by atoms with Crippen molar-refractivity contribution in [3.63, 3.8) is 0 Å². The van der Waals surface area contributed by atoms with E-state index >= 15 is 0 Å². The van der Waals surface area contributed by atoms with E-state index in [9.17, 15) is 0 Å². The SMILES string of the molecule is NC(=S)C1(c2cccc(Cl)n2)CC1. The summed E-state index contributed by atoms with van der Waals surface area (Å²) in [5, 5.41) is 0.500. The van der Waals surface area contributed by atoms with E-state index in [4.69, 9.17) is 29.6 Å². The smallest absolute Gasteiger partial charge is 0.129 e. The van der Waals surface area contributed by atoms with Gasteiger partial charge in [-0.1, -0.05) is 29.9 Å². The van der Waals surface area contributed by atoms with Crippen molar-refractivity contribution < 1.29 is 0 Å². The van der Waals surface area contributed by atoms with Gasteiger partial charge in [-0.3, -0.25) is 0 Å². The molecule has 0 spiro atoms. The van der Waals surface area contributed by atoms with Crippen LogP contribution in [0.15, 0.2) is 18.2 Å². The molecule has 0 radical (unpaired) electrons. The molecule has 2 N–H and O–H groups in total. The van der Waals surface area contributed by atoms with Crippen molar-refractivity contribution in [3.05, 3.63) is 29.0 Å². The van der Waals surface area contributed by atoms with Gasteiger partial charge in [-0.25, -0.2) is 4.98 Å². The van der Waals surface area contributed by atoms with Crippen molar-refractivity contribution in [1.82, 2.24) is 4.98 Å². The molecule has 68 valence electrons. The number of pyridine rings is 1. The molecule has 0 atom stereocenters. The van der Waals surface area contributed by atoms with Crippen LogP contribution in [-0.2, 0) is 5.41 Å². The minimum absolute atomic E-state index is 0.153.